The van der Waals surface area contributed by atoms with Crippen LogP contribution in [-0.2, 0) is 10.0 Å². The topological polar surface area (TPSA) is 86.2 Å². The summed E-state index contributed by atoms with van der Waals surface area (Å²) in [6, 6.07) is 11.3. The van der Waals surface area contributed by atoms with Gasteiger partial charge in [-0.3, -0.25) is 0 Å². The maximum Gasteiger partial charge on any atom is 0.276 e. The summed E-state index contributed by atoms with van der Waals surface area (Å²) in [5.74, 6) is 1.42. The number of hydrogen-bond acceptors (Lipinski definition) is 6. The summed E-state index contributed by atoms with van der Waals surface area (Å²) in [6.07, 6.45) is 1.32. The molecule has 0 aliphatic heterocycles. The quantitative estimate of drug-likeness (QED) is 0.610. The largest absolute Gasteiger partial charge is 0.496 e. The van der Waals surface area contributed by atoms with Gasteiger partial charge in [0.2, 0.25) is 0 Å². The van der Waals surface area contributed by atoms with Crippen LogP contribution in [0.15, 0.2) is 52.5 Å². The predicted octanol–water partition coefficient (Wildman–Crippen LogP) is 2.02. The average molecular weight is 350 g/mol. The minimum atomic E-state index is -3.74. The molecule has 24 heavy (non-hydrogen) atoms. The Morgan fingerprint density at radius 3 is 2.04 bits per heavy atom. The molecule has 128 valence electrons. The Bertz CT molecular complexity index is 795. The standard InChI is InChI=1S/C16H18N2O5S/c1-21-12-9-15(22-2)14(16(10-12)23-3)11-17-18-24(19,20)13-7-5-4-6-8-13/h4-11,18H,1-3H3/b17-11+. The Morgan fingerprint density at radius 2 is 1.54 bits per heavy atom. The average Bonchev–Trinajstić information content (AvgIpc) is 2.62. The minimum Gasteiger partial charge on any atom is -0.496 e. The van der Waals surface area contributed by atoms with E-state index in [2.05, 4.69) is 9.93 Å². The molecule has 2 aromatic carbocycles. The van der Waals surface area contributed by atoms with E-state index in [-0.39, 0.29) is 4.90 Å². The van der Waals surface area contributed by atoms with Crippen molar-refractivity contribution in [1.29, 1.82) is 0 Å². The van der Waals surface area contributed by atoms with E-state index in [4.69, 9.17) is 14.2 Å². The fourth-order valence-corrected chi connectivity index (χ4v) is 2.78. The number of hydrazone groups is 1. The van der Waals surface area contributed by atoms with Crippen LogP contribution in [0.4, 0.5) is 0 Å². The van der Waals surface area contributed by atoms with E-state index in [0.717, 1.165) is 0 Å². The van der Waals surface area contributed by atoms with Gasteiger partial charge in [-0.2, -0.15) is 13.5 Å². The Morgan fingerprint density at radius 1 is 0.958 bits per heavy atom. The zero-order valence-electron chi connectivity index (χ0n) is 13.5. The van der Waals surface area contributed by atoms with Crippen LogP contribution in [0.2, 0.25) is 0 Å². The first-order chi connectivity index (χ1) is 11.5. The SMILES string of the molecule is COc1cc(OC)c(/C=N/NS(=O)(=O)c2ccccc2)c(OC)c1. The van der Waals surface area contributed by atoms with E-state index in [1.54, 1.807) is 30.3 Å². The van der Waals surface area contributed by atoms with Gasteiger partial charge in [0.15, 0.2) is 0 Å². The third kappa shape index (κ3) is 3.96. The third-order valence-electron chi connectivity index (χ3n) is 3.17. The summed E-state index contributed by atoms with van der Waals surface area (Å²) in [5.41, 5.74) is 0.483. The van der Waals surface area contributed by atoms with Gasteiger partial charge in [-0.1, -0.05) is 18.2 Å². The molecule has 0 spiro atoms. The number of ether oxygens (including phenoxy) is 3. The maximum absolute atomic E-state index is 12.1. The van der Waals surface area contributed by atoms with Gasteiger partial charge >= 0.3 is 0 Å². The summed E-state index contributed by atoms with van der Waals surface area (Å²) in [6.45, 7) is 0. The van der Waals surface area contributed by atoms with Crippen molar-refractivity contribution in [1.82, 2.24) is 4.83 Å². The van der Waals surface area contributed by atoms with Crippen molar-refractivity contribution in [3.05, 3.63) is 48.0 Å². The molecular weight excluding hydrogens is 332 g/mol. The molecule has 0 fully saturated rings. The first-order valence-corrected chi connectivity index (χ1v) is 8.40. The molecule has 8 heteroatoms. The van der Waals surface area contributed by atoms with E-state index in [1.807, 2.05) is 0 Å². The minimum absolute atomic E-state index is 0.121. The summed E-state index contributed by atoms with van der Waals surface area (Å²) in [4.78, 5) is 2.28. The second-order valence-corrected chi connectivity index (χ2v) is 6.27. The van der Waals surface area contributed by atoms with Crippen molar-refractivity contribution >= 4 is 16.2 Å². The van der Waals surface area contributed by atoms with Crippen LogP contribution >= 0.6 is 0 Å². The molecular formula is C16H18N2O5S. The lowest BCUT2D eigenvalue weighted by Crippen LogP contribution is -2.18. The highest BCUT2D eigenvalue weighted by atomic mass is 32.2. The first kappa shape index (κ1) is 17.6. The van der Waals surface area contributed by atoms with Gasteiger partial charge in [-0.05, 0) is 12.1 Å². The fourth-order valence-electron chi connectivity index (χ4n) is 1.97. The van der Waals surface area contributed by atoms with Gasteiger partial charge in [0.25, 0.3) is 10.0 Å². The number of rotatable bonds is 7. The molecule has 2 aromatic rings. The Balaban J connectivity index is 2.29. The molecule has 0 atom stereocenters. The lowest BCUT2D eigenvalue weighted by molar-refractivity contribution is 0.374. The molecule has 0 aromatic heterocycles. The second kappa shape index (κ2) is 7.69. The lowest BCUT2D eigenvalue weighted by Gasteiger charge is -2.12. The molecule has 2 rings (SSSR count). The van der Waals surface area contributed by atoms with Crippen molar-refractivity contribution in [2.45, 2.75) is 4.90 Å². The normalized spacial score (nSPS) is 11.3. The maximum atomic E-state index is 12.1. The van der Waals surface area contributed by atoms with Crippen molar-refractivity contribution in [2.24, 2.45) is 5.10 Å². The van der Waals surface area contributed by atoms with Crippen LogP contribution in [0.25, 0.3) is 0 Å². The monoisotopic (exact) mass is 350 g/mol. The summed E-state index contributed by atoms with van der Waals surface area (Å²) in [5, 5.41) is 3.80. The van der Waals surface area contributed by atoms with Gasteiger partial charge in [0.1, 0.15) is 17.2 Å². The molecule has 0 aliphatic carbocycles. The van der Waals surface area contributed by atoms with Crippen LogP contribution < -0.4 is 19.0 Å². The molecule has 0 heterocycles. The van der Waals surface area contributed by atoms with Gasteiger partial charge in [-0.15, -0.1) is 0 Å². The molecule has 1 N–H and O–H groups in total. The Labute approximate surface area is 140 Å². The van der Waals surface area contributed by atoms with E-state index >= 15 is 0 Å². The van der Waals surface area contributed by atoms with Gasteiger partial charge < -0.3 is 14.2 Å². The molecule has 0 radical (unpaired) electrons. The summed E-state index contributed by atoms with van der Waals surface area (Å²) < 4.78 is 39.9. The van der Waals surface area contributed by atoms with Crippen LogP contribution in [0.5, 0.6) is 17.2 Å². The lowest BCUT2D eigenvalue weighted by atomic mass is 10.2. The highest BCUT2D eigenvalue weighted by Crippen LogP contribution is 2.32. The number of nitrogens with zero attached hydrogens (tertiary/aromatic N) is 1. The molecule has 0 unspecified atom stereocenters. The van der Waals surface area contributed by atoms with E-state index < -0.39 is 10.0 Å². The highest BCUT2D eigenvalue weighted by Gasteiger charge is 2.14. The molecule has 0 saturated heterocycles. The number of methoxy groups -OCH3 is 3. The number of sulfonamides is 1. The van der Waals surface area contributed by atoms with Crippen LogP contribution in [-0.4, -0.2) is 36.0 Å². The Hall–Kier alpha value is -2.74. The molecule has 7 nitrogen and oxygen atoms in total. The van der Waals surface area contributed by atoms with Crippen molar-refractivity contribution < 1.29 is 22.6 Å². The third-order valence-corrected chi connectivity index (χ3v) is 4.41. The number of hydrogen-bond donors (Lipinski definition) is 1. The zero-order valence-corrected chi connectivity index (χ0v) is 14.3. The van der Waals surface area contributed by atoms with Crippen LogP contribution in [0.3, 0.4) is 0 Å². The van der Waals surface area contributed by atoms with Gasteiger partial charge in [-0.25, -0.2) is 4.83 Å². The van der Waals surface area contributed by atoms with E-state index in [0.29, 0.717) is 22.8 Å². The van der Waals surface area contributed by atoms with Gasteiger partial charge in [0, 0.05) is 12.1 Å². The fraction of sp³-hybridized carbons (Fsp3) is 0.188. The zero-order chi connectivity index (χ0) is 17.6. The highest BCUT2D eigenvalue weighted by molar-refractivity contribution is 7.89. The number of benzene rings is 2. The molecule has 0 saturated carbocycles. The second-order valence-electron chi connectivity index (χ2n) is 4.61. The van der Waals surface area contributed by atoms with Crippen molar-refractivity contribution in [3.63, 3.8) is 0 Å². The summed E-state index contributed by atoms with van der Waals surface area (Å²) in [7, 11) is 0.759. The Kier molecular flexibility index (Phi) is 5.64. The summed E-state index contributed by atoms with van der Waals surface area (Å²) >= 11 is 0. The molecule has 0 aliphatic rings. The predicted molar refractivity (Wildman–Crippen MR) is 90.5 cm³/mol. The van der Waals surface area contributed by atoms with Crippen LogP contribution in [0.1, 0.15) is 5.56 Å². The van der Waals surface area contributed by atoms with E-state index in [1.165, 1.54) is 39.7 Å². The first-order valence-electron chi connectivity index (χ1n) is 6.91. The number of nitrogens with one attached hydrogen (secondary N) is 1. The van der Waals surface area contributed by atoms with Crippen molar-refractivity contribution in [2.75, 3.05) is 21.3 Å². The van der Waals surface area contributed by atoms with Gasteiger partial charge in [0.05, 0.1) is 38.0 Å². The van der Waals surface area contributed by atoms with Crippen LogP contribution in [0, 0.1) is 0 Å². The van der Waals surface area contributed by atoms with Crippen molar-refractivity contribution in [3.8, 4) is 17.2 Å². The van der Waals surface area contributed by atoms with E-state index in [9.17, 15) is 8.42 Å². The molecule has 0 bridgehead atoms. The smallest absolute Gasteiger partial charge is 0.276 e. The molecule has 0 amide bonds.